The number of sulfonamides is 1. The van der Waals surface area contributed by atoms with Gasteiger partial charge in [0, 0.05) is 30.4 Å². The van der Waals surface area contributed by atoms with Crippen LogP contribution >= 0.6 is 0 Å². The Morgan fingerprint density at radius 3 is 2.21 bits per heavy atom. The normalized spacial score (nSPS) is 18.7. The molecule has 1 fully saturated rings. The Labute approximate surface area is 193 Å². The Kier molecular flexibility index (Phi) is 6.51. The van der Waals surface area contributed by atoms with E-state index in [0.717, 1.165) is 5.56 Å². The van der Waals surface area contributed by atoms with Gasteiger partial charge in [0.25, 0.3) is 5.91 Å². The Balaban J connectivity index is 1.68. The highest BCUT2D eigenvalue weighted by Crippen LogP contribution is 2.40. The summed E-state index contributed by atoms with van der Waals surface area (Å²) in [6, 6.07) is 8.04. The standard InChI is InChI=1S/C23H28N2O7S/c1-15-11-16-12-18(33(27,28)24-7-9-32-10-8-24)5-6-19(16)25(15)23(26)17-13-20(29-2)22(31-4)21(14-17)30-3/h5-6,12-15H,7-11H2,1-4H3. The van der Waals surface area contributed by atoms with Gasteiger partial charge in [-0.3, -0.25) is 4.79 Å². The van der Waals surface area contributed by atoms with Crippen LogP contribution in [0.5, 0.6) is 17.2 Å². The maximum Gasteiger partial charge on any atom is 0.258 e. The maximum atomic E-state index is 13.5. The van der Waals surface area contributed by atoms with Crippen molar-refractivity contribution in [3.63, 3.8) is 0 Å². The number of rotatable bonds is 6. The number of carbonyl (C=O) groups is 1. The minimum absolute atomic E-state index is 0.145. The molecule has 1 unspecified atom stereocenters. The summed E-state index contributed by atoms with van der Waals surface area (Å²) in [7, 11) is 0.881. The van der Waals surface area contributed by atoms with Gasteiger partial charge >= 0.3 is 0 Å². The molecule has 0 radical (unpaired) electrons. The highest BCUT2D eigenvalue weighted by molar-refractivity contribution is 7.89. The van der Waals surface area contributed by atoms with Crippen molar-refractivity contribution >= 4 is 21.6 Å². The molecule has 0 N–H and O–H groups in total. The summed E-state index contributed by atoms with van der Waals surface area (Å²) >= 11 is 0. The van der Waals surface area contributed by atoms with Gasteiger partial charge in [-0.2, -0.15) is 4.31 Å². The summed E-state index contributed by atoms with van der Waals surface area (Å²) in [5.41, 5.74) is 1.90. The van der Waals surface area contributed by atoms with Crippen molar-refractivity contribution in [1.82, 2.24) is 4.31 Å². The van der Waals surface area contributed by atoms with Crippen LogP contribution in [0.3, 0.4) is 0 Å². The van der Waals surface area contributed by atoms with Crippen LogP contribution < -0.4 is 19.1 Å². The molecule has 9 nitrogen and oxygen atoms in total. The third-order valence-electron chi connectivity index (χ3n) is 6.00. The lowest BCUT2D eigenvalue weighted by molar-refractivity contribution is 0.0730. The Morgan fingerprint density at radius 2 is 1.64 bits per heavy atom. The molecule has 0 bridgehead atoms. The first-order chi connectivity index (χ1) is 15.8. The van der Waals surface area contributed by atoms with Gasteiger partial charge in [0.2, 0.25) is 15.8 Å². The summed E-state index contributed by atoms with van der Waals surface area (Å²) in [6.45, 7) is 3.38. The van der Waals surface area contributed by atoms with E-state index in [4.69, 9.17) is 18.9 Å². The number of carbonyl (C=O) groups excluding carboxylic acids is 1. The highest BCUT2D eigenvalue weighted by atomic mass is 32.2. The SMILES string of the molecule is COc1cc(C(=O)N2c3ccc(S(=O)(=O)N4CCOCC4)cc3CC2C)cc(OC)c1OC. The summed E-state index contributed by atoms with van der Waals surface area (Å²) in [5.74, 6) is 0.951. The number of hydrogen-bond donors (Lipinski definition) is 0. The molecule has 0 spiro atoms. The van der Waals surface area contributed by atoms with E-state index >= 15 is 0 Å². The van der Waals surface area contributed by atoms with E-state index in [-0.39, 0.29) is 16.8 Å². The first-order valence-electron chi connectivity index (χ1n) is 10.7. The van der Waals surface area contributed by atoms with Crippen LogP contribution in [0.4, 0.5) is 5.69 Å². The van der Waals surface area contributed by atoms with E-state index in [9.17, 15) is 13.2 Å². The fourth-order valence-corrected chi connectivity index (χ4v) is 5.82. The van der Waals surface area contributed by atoms with Crippen molar-refractivity contribution in [2.24, 2.45) is 0 Å². The predicted molar refractivity (Wildman–Crippen MR) is 122 cm³/mol. The molecule has 1 saturated heterocycles. The zero-order valence-corrected chi connectivity index (χ0v) is 20.0. The first-order valence-corrected chi connectivity index (χ1v) is 12.1. The Bertz CT molecular complexity index is 1130. The number of amides is 1. The molecule has 2 heterocycles. The van der Waals surface area contributed by atoms with E-state index < -0.39 is 10.0 Å². The van der Waals surface area contributed by atoms with Crippen LogP contribution in [-0.2, 0) is 21.2 Å². The van der Waals surface area contributed by atoms with E-state index in [1.165, 1.54) is 25.6 Å². The lowest BCUT2D eigenvalue weighted by atomic mass is 10.1. The average Bonchev–Trinajstić information content (AvgIpc) is 3.17. The fourth-order valence-electron chi connectivity index (χ4n) is 4.36. The molecule has 2 aliphatic rings. The number of benzene rings is 2. The average molecular weight is 477 g/mol. The molecule has 4 rings (SSSR count). The molecule has 10 heteroatoms. The van der Waals surface area contributed by atoms with Crippen LogP contribution in [0.25, 0.3) is 0 Å². The molecule has 0 aliphatic carbocycles. The van der Waals surface area contributed by atoms with Gasteiger partial charge in [0.15, 0.2) is 11.5 Å². The second-order valence-corrected chi connectivity index (χ2v) is 9.89. The van der Waals surface area contributed by atoms with Crippen molar-refractivity contribution in [3.05, 3.63) is 41.5 Å². The number of fused-ring (bicyclic) bond motifs is 1. The Hall–Kier alpha value is -2.82. The molecular formula is C23H28N2O7S. The number of ether oxygens (including phenoxy) is 4. The summed E-state index contributed by atoms with van der Waals surface area (Å²) < 4.78 is 48.9. The number of methoxy groups -OCH3 is 3. The molecule has 178 valence electrons. The second kappa shape index (κ2) is 9.20. The minimum atomic E-state index is -3.61. The third-order valence-corrected chi connectivity index (χ3v) is 7.90. The number of anilines is 1. The van der Waals surface area contributed by atoms with E-state index in [0.29, 0.717) is 61.2 Å². The molecule has 2 aromatic carbocycles. The molecule has 2 aromatic rings. The largest absolute Gasteiger partial charge is 0.493 e. The van der Waals surface area contributed by atoms with Crippen LogP contribution in [0, 0.1) is 0 Å². The number of morpholine rings is 1. The van der Waals surface area contributed by atoms with Crippen LogP contribution in [0.15, 0.2) is 35.2 Å². The molecule has 1 atom stereocenters. The molecular weight excluding hydrogens is 448 g/mol. The third kappa shape index (κ3) is 4.14. The van der Waals surface area contributed by atoms with Gasteiger partial charge in [-0.1, -0.05) is 0 Å². The van der Waals surface area contributed by atoms with Gasteiger partial charge in [0.05, 0.1) is 39.4 Å². The molecule has 0 aromatic heterocycles. The zero-order chi connectivity index (χ0) is 23.8. The molecule has 1 amide bonds. The summed E-state index contributed by atoms with van der Waals surface area (Å²) in [4.78, 5) is 15.4. The lowest BCUT2D eigenvalue weighted by Crippen LogP contribution is -2.40. The van der Waals surface area contributed by atoms with E-state index in [1.807, 2.05) is 6.92 Å². The number of hydrogen-bond acceptors (Lipinski definition) is 7. The quantitative estimate of drug-likeness (QED) is 0.632. The first kappa shape index (κ1) is 23.3. The predicted octanol–water partition coefficient (Wildman–Crippen LogP) is 2.32. The second-order valence-electron chi connectivity index (χ2n) is 7.95. The van der Waals surface area contributed by atoms with Crippen molar-refractivity contribution in [1.29, 1.82) is 0 Å². The van der Waals surface area contributed by atoms with E-state index in [1.54, 1.807) is 35.2 Å². The zero-order valence-electron chi connectivity index (χ0n) is 19.2. The van der Waals surface area contributed by atoms with Gasteiger partial charge in [-0.15, -0.1) is 0 Å². The van der Waals surface area contributed by atoms with Crippen molar-refractivity contribution in [2.45, 2.75) is 24.3 Å². The number of nitrogens with zero attached hydrogens (tertiary/aromatic N) is 2. The van der Waals surface area contributed by atoms with Crippen molar-refractivity contribution in [3.8, 4) is 17.2 Å². The van der Waals surface area contributed by atoms with Crippen LogP contribution in [0.2, 0.25) is 0 Å². The van der Waals surface area contributed by atoms with Gasteiger partial charge in [-0.05, 0) is 49.2 Å². The van der Waals surface area contributed by atoms with Crippen molar-refractivity contribution in [2.75, 3.05) is 52.5 Å². The molecule has 33 heavy (non-hydrogen) atoms. The highest BCUT2D eigenvalue weighted by Gasteiger charge is 2.35. The van der Waals surface area contributed by atoms with Crippen LogP contribution in [-0.4, -0.2) is 72.3 Å². The monoisotopic (exact) mass is 476 g/mol. The van der Waals surface area contributed by atoms with Gasteiger partial charge in [-0.25, -0.2) is 8.42 Å². The topological polar surface area (TPSA) is 94.6 Å². The molecule has 0 saturated carbocycles. The maximum absolute atomic E-state index is 13.5. The van der Waals surface area contributed by atoms with Gasteiger partial charge in [0.1, 0.15) is 0 Å². The summed E-state index contributed by atoms with van der Waals surface area (Å²) in [6.07, 6.45) is 0.554. The smallest absolute Gasteiger partial charge is 0.258 e. The van der Waals surface area contributed by atoms with E-state index in [2.05, 4.69) is 0 Å². The van der Waals surface area contributed by atoms with Crippen LogP contribution in [0.1, 0.15) is 22.8 Å². The minimum Gasteiger partial charge on any atom is -0.493 e. The summed E-state index contributed by atoms with van der Waals surface area (Å²) in [5, 5.41) is 0. The lowest BCUT2D eigenvalue weighted by Gasteiger charge is -2.26. The Morgan fingerprint density at radius 1 is 1.00 bits per heavy atom. The molecule has 2 aliphatic heterocycles. The van der Waals surface area contributed by atoms with Gasteiger partial charge < -0.3 is 23.8 Å². The fraction of sp³-hybridized carbons (Fsp3) is 0.435. The van der Waals surface area contributed by atoms with Crippen molar-refractivity contribution < 1.29 is 32.2 Å².